The first kappa shape index (κ1) is 27.6. The summed E-state index contributed by atoms with van der Waals surface area (Å²) >= 11 is 3.28. The molecule has 3 aromatic rings. The van der Waals surface area contributed by atoms with Crippen molar-refractivity contribution in [2.24, 2.45) is 5.73 Å². The zero-order valence-corrected chi connectivity index (χ0v) is 23.5. The standard InChI is InChI=1S/C29H32N4O3S2/c1-18-9-13-20(14-10-18)25(26(30)34)29(32-28(36)31-21-15-11-19(2)12-16-21)22-7-5-6-8-23(22)33(27(29)35)17-24(37-3)38-4/h5-16,24-25H,17H2,1-4H3,(H2,30,34)(H2,31,32,36). The number of nitrogens with two attached hydrogens (primary N) is 1. The number of hydrogen-bond donors (Lipinski definition) is 3. The zero-order valence-electron chi connectivity index (χ0n) is 21.9. The summed E-state index contributed by atoms with van der Waals surface area (Å²) in [6, 6.07) is 21.3. The van der Waals surface area contributed by atoms with Gasteiger partial charge in [0.2, 0.25) is 5.91 Å². The van der Waals surface area contributed by atoms with E-state index in [-0.39, 0.29) is 4.58 Å². The first-order valence-electron chi connectivity index (χ1n) is 12.2. The summed E-state index contributed by atoms with van der Waals surface area (Å²) in [5.74, 6) is -2.25. The van der Waals surface area contributed by atoms with Crippen LogP contribution >= 0.6 is 23.5 Å². The number of hydrogen-bond acceptors (Lipinski definition) is 5. The predicted molar refractivity (Wildman–Crippen MR) is 158 cm³/mol. The molecule has 4 amide bonds. The molecule has 198 valence electrons. The minimum atomic E-state index is -1.74. The topological polar surface area (TPSA) is 105 Å². The Kier molecular flexibility index (Phi) is 8.38. The molecule has 1 aliphatic heterocycles. The van der Waals surface area contributed by atoms with Gasteiger partial charge < -0.3 is 21.3 Å². The van der Waals surface area contributed by atoms with Gasteiger partial charge in [0, 0.05) is 23.5 Å². The van der Waals surface area contributed by atoms with Crippen molar-refractivity contribution in [2.75, 3.05) is 29.3 Å². The van der Waals surface area contributed by atoms with E-state index in [1.165, 1.54) is 0 Å². The maximum atomic E-state index is 14.5. The van der Waals surface area contributed by atoms with E-state index >= 15 is 0 Å². The van der Waals surface area contributed by atoms with Crippen molar-refractivity contribution in [3.63, 3.8) is 0 Å². The molecule has 2 unspecified atom stereocenters. The van der Waals surface area contributed by atoms with Gasteiger partial charge in [0.25, 0.3) is 5.91 Å². The van der Waals surface area contributed by atoms with Crippen molar-refractivity contribution in [1.29, 1.82) is 0 Å². The monoisotopic (exact) mass is 548 g/mol. The fourth-order valence-electron chi connectivity index (χ4n) is 4.89. The molecule has 7 nitrogen and oxygen atoms in total. The smallest absolute Gasteiger partial charge is 0.320 e. The average Bonchev–Trinajstić information content (AvgIpc) is 3.12. The molecule has 0 fully saturated rings. The summed E-state index contributed by atoms with van der Waals surface area (Å²) in [5.41, 5.74) is 8.66. The van der Waals surface area contributed by atoms with Crippen LogP contribution in [0, 0.1) is 13.8 Å². The molecular formula is C29H32N4O3S2. The van der Waals surface area contributed by atoms with Gasteiger partial charge in [-0.2, -0.15) is 0 Å². The number of benzene rings is 3. The first-order chi connectivity index (χ1) is 18.2. The van der Waals surface area contributed by atoms with Crippen LogP contribution in [-0.2, 0) is 15.1 Å². The van der Waals surface area contributed by atoms with Crippen molar-refractivity contribution in [3.05, 3.63) is 95.1 Å². The van der Waals surface area contributed by atoms with Crippen LogP contribution in [0.25, 0.3) is 0 Å². The number of thioether (sulfide) groups is 2. The molecule has 4 rings (SSSR count). The minimum absolute atomic E-state index is 0.0931. The summed E-state index contributed by atoms with van der Waals surface area (Å²) in [5, 5.41) is 5.76. The van der Waals surface area contributed by atoms with Gasteiger partial charge in [-0.25, -0.2) is 4.79 Å². The lowest BCUT2D eigenvalue weighted by molar-refractivity contribution is -0.130. The lowest BCUT2D eigenvalue weighted by Gasteiger charge is -2.36. The number of anilines is 2. The molecule has 38 heavy (non-hydrogen) atoms. The second-order valence-corrected chi connectivity index (χ2v) is 11.7. The Morgan fingerprint density at radius 1 is 0.921 bits per heavy atom. The molecule has 0 bridgehead atoms. The molecule has 0 spiro atoms. The van der Waals surface area contributed by atoms with Gasteiger partial charge in [0.15, 0.2) is 5.54 Å². The van der Waals surface area contributed by atoms with Gasteiger partial charge in [-0.3, -0.25) is 9.59 Å². The molecular weight excluding hydrogens is 516 g/mol. The molecule has 0 aromatic heterocycles. The highest BCUT2D eigenvalue weighted by molar-refractivity contribution is 8.16. The number of para-hydroxylation sites is 1. The number of urea groups is 1. The normalized spacial score (nSPS) is 17.3. The fourth-order valence-corrected chi connectivity index (χ4v) is 6.26. The third-order valence-electron chi connectivity index (χ3n) is 6.81. The van der Waals surface area contributed by atoms with Crippen LogP contribution in [0.1, 0.15) is 28.2 Å². The minimum Gasteiger partial charge on any atom is -0.369 e. The van der Waals surface area contributed by atoms with Crippen LogP contribution in [0.3, 0.4) is 0 Å². The highest BCUT2D eigenvalue weighted by Crippen LogP contribution is 2.49. The Labute approximate surface area is 231 Å². The number of carbonyl (C=O) groups is 3. The van der Waals surface area contributed by atoms with Gasteiger partial charge in [-0.1, -0.05) is 65.7 Å². The van der Waals surface area contributed by atoms with E-state index in [9.17, 15) is 14.4 Å². The fraction of sp³-hybridized carbons (Fsp3) is 0.276. The molecule has 2 atom stereocenters. The number of carbonyl (C=O) groups excluding carboxylic acids is 3. The van der Waals surface area contributed by atoms with E-state index in [0.29, 0.717) is 29.0 Å². The number of fused-ring (bicyclic) bond motifs is 1. The summed E-state index contributed by atoms with van der Waals surface area (Å²) in [4.78, 5) is 42.9. The Hall–Kier alpha value is -3.43. The quantitative estimate of drug-likeness (QED) is 0.327. The Bertz CT molecular complexity index is 1330. The largest absolute Gasteiger partial charge is 0.369 e. The number of rotatable bonds is 9. The molecule has 0 saturated carbocycles. The maximum Gasteiger partial charge on any atom is 0.320 e. The van der Waals surface area contributed by atoms with Gasteiger partial charge >= 0.3 is 6.03 Å². The van der Waals surface area contributed by atoms with Crippen molar-refractivity contribution in [3.8, 4) is 0 Å². The van der Waals surface area contributed by atoms with E-state index in [1.807, 2.05) is 62.8 Å². The zero-order chi connectivity index (χ0) is 27.4. The third kappa shape index (κ3) is 5.26. The summed E-state index contributed by atoms with van der Waals surface area (Å²) in [7, 11) is 0. The summed E-state index contributed by atoms with van der Waals surface area (Å²) in [6.45, 7) is 4.30. The van der Waals surface area contributed by atoms with Crippen LogP contribution in [0.15, 0.2) is 72.8 Å². The molecule has 0 saturated heterocycles. The van der Waals surface area contributed by atoms with E-state index in [4.69, 9.17) is 5.73 Å². The summed E-state index contributed by atoms with van der Waals surface area (Å²) < 4.78 is 0.0931. The molecule has 9 heteroatoms. The van der Waals surface area contributed by atoms with Crippen LogP contribution in [0.5, 0.6) is 0 Å². The van der Waals surface area contributed by atoms with Crippen molar-refractivity contribution < 1.29 is 14.4 Å². The lowest BCUT2D eigenvalue weighted by Crippen LogP contribution is -2.60. The Morgan fingerprint density at radius 3 is 2.08 bits per heavy atom. The predicted octanol–water partition coefficient (Wildman–Crippen LogP) is 4.99. The molecule has 3 aromatic carbocycles. The van der Waals surface area contributed by atoms with E-state index < -0.39 is 29.3 Å². The van der Waals surface area contributed by atoms with Gasteiger partial charge in [-0.05, 0) is 50.1 Å². The second-order valence-electron chi connectivity index (χ2n) is 9.33. The van der Waals surface area contributed by atoms with E-state index in [1.54, 1.807) is 64.8 Å². The number of nitrogens with zero attached hydrogens (tertiary/aromatic N) is 1. The number of aryl methyl sites for hydroxylation is 2. The van der Waals surface area contributed by atoms with Crippen LogP contribution in [-0.4, -0.2) is 41.5 Å². The maximum absolute atomic E-state index is 14.5. The Morgan fingerprint density at radius 2 is 1.50 bits per heavy atom. The van der Waals surface area contributed by atoms with E-state index in [0.717, 1.165) is 11.1 Å². The number of primary amides is 1. The van der Waals surface area contributed by atoms with Crippen LogP contribution in [0.4, 0.5) is 16.2 Å². The molecule has 1 heterocycles. The Balaban J connectivity index is 1.87. The number of amides is 4. The molecule has 0 radical (unpaired) electrons. The van der Waals surface area contributed by atoms with Crippen molar-refractivity contribution in [1.82, 2.24) is 5.32 Å². The second kappa shape index (κ2) is 11.5. The third-order valence-corrected chi connectivity index (χ3v) is 9.31. The first-order valence-corrected chi connectivity index (χ1v) is 14.8. The number of nitrogens with one attached hydrogen (secondary N) is 2. The molecule has 4 N–H and O–H groups in total. The van der Waals surface area contributed by atoms with Gasteiger partial charge in [0.05, 0.1) is 10.5 Å². The van der Waals surface area contributed by atoms with Crippen molar-refractivity contribution in [2.45, 2.75) is 29.9 Å². The summed E-state index contributed by atoms with van der Waals surface area (Å²) in [6.07, 6.45) is 3.99. The highest BCUT2D eigenvalue weighted by atomic mass is 32.2. The molecule has 0 aliphatic carbocycles. The van der Waals surface area contributed by atoms with Crippen molar-refractivity contribution >= 4 is 52.7 Å². The van der Waals surface area contributed by atoms with Crippen LogP contribution in [0.2, 0.25) is 0 Å². The molecule has 1 aliphatic rings. The van der Waals surface area contributed by atoms with Crippen LogP contribution < -0.4 is 21.3 Å². The van der Waals surface area contributed by atoms with Gasteiger partial charge in [0.1, 0.15) is 0 Å². The lowest BCUT2D eigenvalue weighted by atomic mass is 9.74. The SMILES string of the molecule is CSC(CN1C(=O)C(NC(=O)Nc2ccc(C)cc2)(C(C(N)=O)c2ccc(C)cc2)c2ccccc21)SC. The average molecular weight is 549 g/mol. The van der Waals surface area contributed by atoms with E-state index in [2.05, 4.69) is 10.6 Å². The van der Waals surface area contributed by atoms with Gasteiger partial charge in [-0.15, -0.1) is 23.5 Å². The highest BCUT2D eigenvalue weighted by Gasteiger charge is 2.59.